The van der Waals surface area contributed by atoms with Crippen molar-refractivity contribution >= 4 is 60.8 Å². The van der Waals surface area contributed by atoms with Crippen molar-refractivity contribution in [2.45, 2.75) is 76.0 Å². The Hall–Kier alpha value is -4.13. The Labute approximate surface area is 287 Å². The molecule has 2 aliphatic rings. The molecule has 2 N–H and O–H groups in total. The van der Waals surface area contributed by atoms with Crippen molar-refractivity contribution in [1.82, 2.24) is 14.5 Å². The van der Waals surface area contributed by atoms with Crippen molar-refractivity contribution in [2.24, 2.45) is 0 Å². The zero-order valence-electron chi connectivity index (χ0n) is 27.4. The molecule has 2 aromatic carbocycles. The minimum atomic E-state index is -4.92. The van der Waals surface area contributed by atoms with Crippen LogP contribution in [0.2, 0.25) is 0 Å². The number of rotatable bonds is 4. The number of fused-ring (bicyclic) bond motifs is 1. The number of anilines is 2. The smallest absolute Gasteiger partial charge is 0.389 e. The monoisotopic (exact) mass is 714 g/mol. The molecule has 0 radical (unpaired) electrons. The molecule has 2 aliphatic heterocycles. The summed E-state index contributed by atoms with van der Waals surface area (Å²) in [6.07, 6.45) is -4.28. The molecular formula is C34H34F4N6O3S2. The van der Waals surface area contributed by atoms with Crippen LogP contribution in [-0.4, -0.2) is 63.0 Å². The zero-order chi connectivity index (χ0) is 35.7. The number of thiophene rings is 1. The van der Waals surface area contributed by atoms with Crippen LogP contribution in [0.5, 0.6) is 0 Å². The van der Waals surface area contributed by atoms with Gasteiger partial charge >= 0.3 is 11.9 Å². The molecule has 49 heavy (non-hydrogen) atoms. The zero-order valence-corrected chi connectivity index (χ0v) is 29.1. The predicted molar refractivity (Wildman–Crippen MR) is 184 cm³/mol. The van der Waals surface area contributed by atoms with Crippen LogP contribution in [0.4, 0.5) is 28.4 Å². The lowest BCUT2D eigenvalue weighted by Gasteiger charge is -2.44. The van der Waals surface area contributed by atoms with Crippen molar-refractivity contribution in [2.75, 3.05) is 29.5 Å². The van der Waals surface area contributed by atoms with Crippen molar-refractivity contribution in [3.63, 3.8) is 0 Å². The second-order valence-electron chi connectivity index (χ2n) is 13.3. The molecule has 258 valence electrons. The first-order valence-electron chi connectivity index (χ1n) is 15.5. The van der Waals surface area contributed by atoms with Gasteiger partial charge < -0.3 is 20.3 Å². The molecular weight excluding hydrogens is 681 g/mol. The lowest BCUT2D eigenvalue weighted by Crippen LogP contribution is -2.58. The second-order valence-corrected chi connectivity index (χ2v) is 15.4. The fourth-order valence-corrected chi connectivity index (χ4v) is 9.18. The van der Waals surface area contributed by atoms with Crippen LogP contribution < -0.4 is 16.3 Å². The molecule has 1 saturated heterocycles. The lowest BCUT2D eigenvalue weighted by molar-refractivity contribution is -0.137. The standard InChI is InChI=1S/C34H34F4N6O3S2/c1-7-24(45)44-16(2)12-42(13-17(44)3)31-20-10-22(34(36,37)38)26(19-8-9-23(35)28-25(19)21(11-39)30(40)49-28)29-27(20)43(32(46)41-31)14-18(15-48-29)47-33(4,5)6/h7-10,16-18H,1,12-15,40H2,2-6H3/t16-,17+,18?. The number of nitrogens with zero attached hydrogens (tertiary/aromatic N) is 5. The molecule has 4 aromatic rings. The molecule has 9 nitrogen and oxygen atoms in total. The van der Waals surface area contributed by atoms with Crippen molar-refractivity contribution < 1.29 is 27.1 Å². The van der Waals surface area contributed by atoms with Crippen LogP contribution in [0.1, 0.15) is 45.7 Å². The average molecular weight is 715 g/mol. The number of hydrogen-bond acceptors (Lipinski definition) is 9. The van der Waals surface area contributed by atoms with E-state index in [0.29, 0.717) is 0 Å². The van der Waals surface area contributed by atoms with Gasteiger partial charge in [0.05, 0.1) is 39.6 Å². The third-order valence-electron chi connectivity index (χ3n) is 8.67. The topological polar surface area (TPSA) is 117 Å². The van der Waals surface area contributed by atoms with Gasteiger partial charge in [0, 0.05) is 52.2 Å². The van der Waals surface area contributed by atoms with Crippen LogP contribution in [0, 0.1) is 17.1 Å². The Morgan fingerprint density at radius 1 is 1.18 bits per heavy atom. The van der Waals surface area contributed by atoms with E-state index in [1.54, 1.807) is 9.80 Å². The number of halogens is 4. The fourth-order valence-electron chi connectivity index (χ4n) is 6.98. The number of piperazine rings is 1. The van der Waals surface area contributed by atoms with Gasteiger partial charge in [-0.1, -0.05) is 12.6 Å². The summed E-state index contributed by atoms with van der Waals surface area (Å²) in [4.78, 5) is 34.5. The lowest BCUT2D eigenvalue weighted by atomic mass is 9.92. The minimum Gasteiger partial charge on any atom is -0.389 e. The third kappa shape index (κ3) is 6.04. The first-order chi connectivity index (χ1) is 22.9. The number of nitriles is 1. The molecule has 0 spiro atoms. The molecule has 2 aromatic heterocycles. The highest BCUT2D eigenvalue weighted by atomic mass is 32.2. The van der Waals surface area contributed by atoms with Crippen LogP contribution in [0.15, 0.2) is 40.5 Å². The van der Waals surface area contributed by atoms with E-state index in [9.17, 15) is 14.9 Å². The Balaban J connectivity index is 1.71. The summed E-state index contributed by atoms with van der Waals surface area (Å²) < 4.78 is 68.8. The number of nitrogen functional groups attached to an aromatic ring is 1. The molecule has 6 rings (SSSR count). The summed E-state index contributed by atoms with van der Waals surface area (Å²) in [7, 11) is 0. The van der Waals surface area contributed by atoms with E-state index in [1.807, 2.05) is 40.7 Å². The number of aromatic nitrogens is 2. The van der Waals surface area contributed by atoms with E-state index in [-0.39, 0.29) is 96.8 Å². The normalized spacial score (nSPS) is 20.0. The highest BCUT2D eigenvalue weighted by Crippen LogP contribution is 2.51. The quantitative estimate of drug-likeness (QED) is 0.182. The average Bonchev–Trinajstić information content (AvgIpc) is 3.23. The fraction of sp³-hybridized carbons (Fsp3) is 0.412. The van der Waals surface area contributed by atoms with Gasteiger partial charge in [-0.3, -0.25) is 9.36 Å². The summed E-state index contributed by atoms with van der Waals surface area (Å²) in [6.45, 7) is 13.2. The van der Waals surface area contributed by atoms with E-state index in [2.05, 4.69) is 11.6 Å². The van der Waals surface area contributed by atoms with Gasteiger partial charge in [-0.2, -0.15) is 23.4 Å². The number of ether oxygens (including phenoxy) is 1. The molecule has 1 unspecified atom stereocenters. The molecule has 15 heteroatoms. The van der Waals surface area contributed by atoms with Crippen molar-refractivity contribution in [3.05, 3.63) is 58.3 Å². The van der Waals surface area contributed by atoms with Gasteiger partial charge in [0.15, 0.2) is 0 Å². The van der Waals surface area contributed by atoms with Crippen molar-refractivity contribution in [1.29, 1.82) is 5.26 Å². The van der Waals surface area contributed by atoms with E-state index in [0.717, 1.165) is 35.2 Å². The molecule has 1 amide bonds. The van der Waals surface area contributed by atoms with Gasteiger partial charge in [-0.15, -0.1) is 23.1 Å². The van der Waals surface area contributed by atoms with Gasteiger partial charge in [0.1, 0.15) is 22.7 Å². The molecule has 3 atom stereocenters. The van der Waals surface area contributed by atoms with Gasteiger partial charge in [0.25, 0.3) is 0 Å². The Morgan fingerprint density at radius 3 is 2.45 bits per heavy atom. The van der Waals surface area contributed by atoms with Crippen molar-refractivity contribution in [3.8, 4) is 17.2 Å². The number of alkyl halides is 3. The third-order valence-corrected chi connectivity index (χ3v) is 10.9. The summed E-state index contributed by atoms with van der Waals surface area (Å²) in [5.41, 5.74) is 3.54. The van der Waals surface area contributed by atoms with Crippen LogP contribution in [0.3, 0.4) is 0 Å². The first-order valence-corrected chi connectivity index (χ1v) is 17.3. The Morgan fingerprint density at radius 2 is 1.86 bits per heavy atom. The summed E-state index contributed by atoms with van der Waals surface area (Å²) in [6, 6.07) is 4.50. The molecule has 4 heterocycles. The maximum absolute atomic E-state index is 15.4. The van der Waals surface area contributed by atoms with Crippen LogP contribution >= 0.6 is 23.1 Å². The van der Waals surface area contributed by atoms with Gasteiger partial charge in [-0.05, 0) is 58.4 Å². The maximum atomic E-state index is 15.4. The molecule has 0 saturated carbocycles. The van der Waals surface area contributed by atoms with E-state index in [4.69, 9.17) is 10.5 Å². The number of amides is 1. The molecule has 0 bridgehead atoms. The largest absolute Gasteiger partial charge is 0.417 e. The van der Waals surface area contributed by atoms with Crippen LogP contribution in [-0.2, 0) is 22.3 Å². The number of thioether (sulfide) groups is 1. The Bertz CT molecular complexity index is 2120. The highest BCUT2D eigenvalue weighted by molar-refractivity contribution is 7.99. The number of nitrogens with two attached hydrogens (primary N) is 1. The van der Waals surface area contributed by atoms with E-state index in [1.165, 1.54) is 16.7 Å². The highest BCUT2D eigenvalue weighted by Gasteiger charge is 2.41. The van der Waals surface area contributed by atoms with E-state index < -0.39 is 35.0 Å². The van der Waals surface area contributed by atoms with E-state index >= 15 is 17.6 Å². The SMILES string of the molecule is C=CC(=O)N1[C@H](C)CN(c2nc(=O)n3c4c(c(-c5ccc(F)c6sc(N)c(C#N)c56)c(C(F)(F)F)cc24)SCC(OC(C)(C)C)C3)C[C@@H]1C. The number of carbonyl (C=O) groups is 1. The van der Waals surface area contributed by atoms with Crippen LogP contribution in [0.25, 0.3) is 32.1 Å². The number of benzene rings is 2. The second kappa shape index (κ2) is 12.3. The summed E-state index contributed by atoms with van der Waals surface area (Å²) in [5.74, 6) is -0.738. The first kappa shape index (κ1) is 34.7. The maximum Gasteiger partial charge on any atom is 0.417 e. The Kier molecular flexibility index (Phi) is 8.74. The molecule has 0 aliphatic carbocycles. The number of hydrogen-bond donors (Lipinski definition) is 1. The number of carbonyl (C=O) groups excluding carboxylic acids is 1. The molecule has 1 fully saturated rings. The summed E-state index contributed by atoms with van der Waals surface area (Å²) >= 11 is 1.90. The minimum absolute atomic E-state index is 0.0175. The predicted octanol–water partition coefficient (Wildman–Crippen LogP) is 6.79. The summed E-state index contributed by atoms with van der Waals surface area (Å²) in [5, 5.41) is 10.0. The van der Waals surface area contributed by atoms with Gasteiger partial charge in [0.2, 0.25) is 5.91 Å². The van der Waals surface area contributed by atoms with Gasteiger partial charge in [-0.25, -0.2) is 9.18 Å².